The van der Waals surface area contributed by atoms with Gasteiger partial charge in [0.05, 0.1) is 0 Å². The van der Waals surface area contributed by atoms with Crippen LogP contribution in [0.5, 0.6) is 0 Å². The molecule has 0 aromatic heterocycles. The molecule has 3 heteroatoms. The van der Waals surface area contributed by atoms with Crippen LogP contribution in [0.4, 0.5) is 0 Å². The van der Waals surface area contributed by atoms with Crippen molar-refractivity contribution in [2.75, 3.05) is 0 Å². The molecule has 1 unspecified atom stereocenters. The van der Waals surface area contributed by atoms with E-state index < -0.39 is 7.14 Å². The summed E-state index contributed by atoms with van der Waals surface area (Å²) in [6.45, 7) is 1.57. The number of carbonyl (C=O) groups excluding carboxylic acids is 1. The van der Waals surface area contributed by atoms with Crippen LogP contribution >= 0.6 is 7.14 Å². The van der Waals surface area contributed by atoms with E-state index in [0.29, 0.717) is 12.0 Å². The van der Waals surface area contributed by atoms with Gasteiger partial charge in [0, 0.05) is 27.9 Å². The van der Waals surface area contributed by atoms with Crippen LogP contribution in [-0.2, 0) is 11.0 Å². The van der Waals surface area contributed by atoms with E-state index in [1.807, 2.05) is 91.0 Å². The standard InChI is InChI=1S/C29H23O2P/c1-21(30)23-18-16-22(17-19-23)20-28-29(24-10-4-2-5-11-24)26-14-8-9-15-27(26)32(28,31)25-12-6-3-7-13-25/h2-19H,20H2,1H3. The van der Waals surface area contributed by atoms with E-state index in [0.717, 1.165) is 38.2 Å². The van der Waals surface area contributed by atoms with Crippen LogP contribution in [0, 0.1) is 0 Å². The third kappa shape index (κ3) is 3.38. The smallest absolute Gasteiger partial charge is 0.168 e. The van der Waals surface area contributed by atoms with E-state index in [1.54, 1.807) is 6.92 Å². The van der Waals surface area contributed by atoms with Gasteiger partial charge in [0.25, 0.3) is 0 Å². The maximum atomic E-state index is 15.0. The van der Waals surface area contributed by atoms with Gasteiger partial charge in [-0.1, -0.05) is 109 Å². The Morgan fingerprint density at radius 2 is 1.31 bits per heavy atom. The summed E-state index contributed by atoms with van der Waals surface area (Å²) in [4.78, 5) is 11.7. The highest BCUT2D eigenvalue weighted by molar-refractivity contribution is 7.83. The number of benzene rings is 4. The number of hydrogen-bond acceptors (Lipinski definition) is 2. The number of Topliss-reactive ketones (excluding diaryl/α,β-unsaturated/α-hetero) is 1. The van der Waals surface area contributed by atoms with Gasteiger partial charge in [0.2, 0.25) is 0 Å². The predicted octanol–water partition coefficient (Wildman–Crippen LogP) is 6.22. The van der Waals surface area contributed by atoms with Crippen molar-refractivity contribution in [1.82, 2.24) is 0 Å². The summed E-state index contributed by atoms with van der Waals surface area (Å²) >= 11 is 0. The fraction of sp³-hybridized carbons (Fsp3) is 0.0690. The fourth-order valence-corrected chi connectivity index (χ4v) is 7.79. The quantitative estimate of drug-likeness (QED) is 0.276. The molecule has 1 atom stereocenters. The lowest BCUT2D eigenvalue weighted by Gasteiger charge is -2.19. The first kappa shape index (κ1) is 20.4. The number of fused-ring (bicyclic) bond motifs is 1. The summed E-state index contributed by atoms with van der Waals surface area (Å²) in [6, 6.07) is 35.8. The summed E-state index contributed by atoms with van der Waals surface area (Å²) in [5.41, 5.74) is 4.91. The zero-order chi connectivity index (χ0) is 22.1. The summed E-state index contributed by atoms with van der Waals surface area (Å²) in [6.07, 6.45) is 0.559. The minimum atomic E-state index is -3.03. The molecule has 1 aliphatic heterocycles. The Balaban J connectivity index is 1.76. The summed E-state index contributed by atoms with van der Waals surface area (Å²) in [5, 5.41) is 2.71. The van der Waals surface area contributed by atoms with Crippen LogP contribution in [-0.4, -0.2) is 5.78 Å². The third-order valence-electron chi connectivity index (χ3n) is 6.10. The maximum Gasteiger partial charge on any atom is 0.168 e. The van der Waals surface area contributed by atoms with Crippen LogP contribution in [0.3, 0.4) is 0 Å². The minimum absolute atomic E-state index is 0.0453. The normalized spacial score (nSPS) is 17.3. The molecule has 156 valence electrons. The van der Waals surface area contributed by atoms with Crippen LogP contribution in [0.15, 0.2) is 115 Å². The average Bonchev–Trinajstić information content (AvgIpc) is 3.09. The van der Waals surface area contributed by atoms with E-state index >= 15 is 4.57 Å². The lowest BCUT2D eigenvalue weighted by atomic mass is 9.95. The Morgan fingerprint density at radius 1 is 0.719 bits per heavy atom. The van der Waals surface area contributed by atoms with Crippen LogP contribution < -0.4 is 10.6 Å². The van der Waals surface area contributed by atoms with Gasteiger partial charge < -0.3 is 4.57 Å². The second-order valence-electron chi connectivity index (χ2n) is 8.08. The molecule has 4 aromatic carbocycles. The molecule has 5 rings (SSSR count). The highest BCUT2D eigenvalue weighted by atomic mass is 31.2. The van der Waals surface area contributed by atoms with Crippen molar-refractivity contribution in [2.45, 2.75) is 13.3 Å². The second kappa shape index (κ2) is 8.22. The fourth-order valence-electron chi connectivity index (χ4n) is 4.53. The van der Waals surface area contributed by atoms with Crippen molar-refractivity contribution in [3.05, 3.63) is 137 Å². The van der Waals surface area contributed by atoms with Crippen LogP contribution in [0.2, 0.25) is 0 Å². The largest absolute Gasteiger partial charge is 0.309 e. The molecule has 0 saturated heterocycles. The summed E-state index contributed by atoms with van der Waals surface area (Å²) < 4.78 is 15.0. The third-order valence-corrected chi connectivity index (χ3v) is 9.33. The molecule has 0 fully saturated rings. The van der Waals surface area contributed by atoms with Gasteiger partial charge in [-0.15, -0.1) is 0 Å². The SMILES string of the molecule is CC(=O)c1ccc(CC2=C(c3ccccc3)c3ccccc3P2(=O)c2ccccc2)cc1. The van der Waals surface area contributed by atoms with E-state index in [4.69, 9.17) is 0 Å². The first-order valence-electron chi connectivity index (χ1n) is 10.7. The van der Waals surface area contributed by atoms with Crippen molar-refractivity contribution >= 4 is 29.1 Å². The molecular formula is C29H23O2P. The van der Waals surface area contributed by atoms with E-state index in [9.17, 15) is 4.79 Å². The van der Waals surface area contributed by atoms with E-state index in [-0.39, 0.29) is 5.78 Å². The molecule has 32 heavy (non-hydrogen) atoms. The highest BCUT2D eigenvalue weighted by Crippen LogP contribution is 2.61. The Morgan fingerprint density at radius 3 is 1.97 bits per heavy atom. The van der Waals surface area contributed by atoms with Crippen LogP contribution in [0.25, 0.3) is 5.57 Å². The summed E-state index contributed by atoms with van der Waals surface area (Å²) in [7, 11) is -3.03. The average molecular weight is 434 g/mol. The van der Waals surface area contributed by atoms with Gasteiger partial charge in [-0.25, -0.2) is 0 Å². The predicted molar refractivity (Wildman–Crippen MR) is 132 cm³/mol. The number of hydrogen-bond donors (Lipinski definition) is 0. The molecule has 0 radical (unpaired) electrons. The number of rotatable bonds is 5. The zero-order valence-electron chi connectivity index (χ0n) is 17.9. The van der Waals surface area contributed by atoms with Crippen molar-refractivity contribution in [3.8, 4) is 0 Å². The lowest BCUT2D eigenvalue weighted by Crippen LogP contribution is -2.16. The molecular weight excluding hydrogens is 411 g/mol. The molecule has 2 nitrogen and oxygen atoms in total. The van der Waals surface area contributed by atoms with Gasteiger partial charge in [0.15, 0.2) is 12.9 Å². The first-order valence-corrected chi connectivity index (χ1v) is 12.4. The Labute approximate surface area is 188 Å². The van der Waals surface area contributed by atoms with Gasteiger partial charge in [-0.05, 0) is 29.2 Å². The Hall–Kier alpha value is -3.48. The number of ketones is 1. The maximum absolute atomic E-state index is 15.0. The molecule has 0 N–H and O–H groups in total. The van der Waals surface area contributed by atoms with Gasteiger partial charge in [-0.2, -0.15) is 0 Å². The second-order valence-corrected chi connectivity index (χ2v) is 10.8. The molecule has 4 aromatic rings. The molecule has 1 aliphatic rings. The number of carbonyl (C=O) groups is 1. The minimum Gasteiger partial charge on any atom is -0.309 e. The summed E-state index contributed by atoms with van der Waals surface area (Å²) in [5.74, 6) is 0.0453. The molecule has 0 saturated carbocycles. The monoisotopic (exact) mass is 434 g/mol. The Kier molecular flexibility index (Phi) is 5.25. The van der Waals surface area contributed by atoms with E-state index in [1.165, 1.54) is 0 Å². The van der Waals surface area contributed by atoms with Crippen molar-refractivity contribution in [3.63, 3.8) is 0 Å². The molecule has 0 amide bonds. The van der Waals surface area contributed by atoms with Crippen LogP contribution in [0.1, 0.15) is 34.0 Å². The molecule has 0 bridgehead atoms. The zero-order valence-corrected chi connectivity index (χ0v) is 18.8. The van der Waals surface area contributed by atoms with Crippen molar-refractivity contribution < 1.29 is 9.36 Å². The molecule has 0 aliphatic carbocycles. The highest BCUT2D eigenvalue weighted by Gasteiger charge is 2.42. The topological polar surface area (TPSA) is 34.1 Å². The van der Waals surface area contributed by atoms with Gasteiger partial charge in [0.1, 0.15) is 0 Å². The van der Waals surface area contributed by atoms with Gasteiger partial charge >= 0.3 is 0 Å². The molecule has 0 spiro atoms. The Bertz CT molecular complexity index is 1370. The van der Waals surface area contributed by atoms with Crippen molar-refractivity contribution in [1.29, 1.82) is 0 Å². The lowest BCUT2D eigenvalue weighted by molar-refractivity contribution is 0.101. The molecule has 1 heterocycles. The van der Waals surface area contributed by atoms with Gasteiger partial charge in [-0.3, -0.25) is 4.79 Å². The van der Waals surface area contributed by atoms with E-state index in [2.05, 4.69) is 18.2 Å². The van der Waals surface area contributed by atoms with Crippen molar-refractivity contribution in [2.24, 2.45) is 0 Å². The number of allylic oxidation sites excluding steroid dienone is 1. The first-order chi connectivity index (χ1) is 15.6.